The van der Waals surface area contributed by atoms with E-state index in [0.717, 1.165) is 11.3 Å². The summed E-state index contributed by atoms with van der Waals surface area (Å²) < 4.78 is 6.96. The van der Waals surface area contributed by atoms with E-state index in [-0.39, 0.29) is 24.5 Å². The second-order valence-corrected chi connectivity index (χ2v) is 7.02. The lowest BCUT2D eigenvalue weighted by molar-refractivity contribution is -0.140. The minimum absolute atomic E-state index is 0.0259. The minimum atomic E-state index is -0.243. The van der Waals surface area contributed by atoms with E-state index < -0.39 is 0 Å². The van der Waals surface area contributed by atoms with Crippen LogP contribution in [-0.2, 0) is 9.53 Å². The van der Waals surface area contributed by atoms with Gasteiger partial charge in [-0.05, 0) is 49.8 Å². The number of ether oxygens (including phenoxy) is 1. The van der Waals surface area contributed by atoms with Crippen LogP contribution in [0.1, 0.15) is 49.7 Å². The van der Waals surface area contributed by atoms with Crippen molar-refractivity contribution >= 4 is 23.3 Å². The molecule has 1 aliphatic heterocycles. The van der Waals surface area contributed by atoms with Crippen LogP contribution in [0.25, 0.3) is 0 Å². The van der Waals surface area contributed by atoms with Crippen LogP contribution in [0.3, 0.4) is 0 Å². The van der Waals surface area contributed by atoms with E-state index in [0.29, 0.717) is 17.7 Å². The molecule has 0 bridgehead atoms. The van der Waals surface area contributed by atoms with Gasteiger partial charge in [-0.1, -0.05) is 6.07 Å². The van der Waals surface area contributed by atoms with E-state index in [9.17, 15) is 4.79 Å². The van der Waals surface area contributed by atoms with Crippen molar-refractivity contribution in [2.75, 3.05) is 13.7 Å². The molecule has 1 N–H and O–H groups in total. The van der Waals surface area contributed by atoms with Crippen molar-refractivity contribution in [2.45, 2.75) is 38.4 Å². The highest BCUT2D eigenvalue weighted by molar-refractivity contribution is 7.80. The highest BCUT2D eigenvalue weighted by Crippen LogP contribution is 2.38. The lowest BCUT2D eigenvalue weighted by Crippen LogP contribution is -2.31. The smallest absolute Gasteiger partial charge is 0.307 e. The van der Waals surface area contributed by atoms with Crippen molar-refractivity contribution in [1.29, 1.82) is 0 Å². The number of aromatic nitrogens is 2. The maximum Gasteiger partial charge on any atom is 0.307 e. The number of carbonyl (C=O) groups is 1. The summed E-state index contributed by atoms with van der Waals surface area (Å²) >= 11 is 5.57. The van der Waals surface area contributed by atoms with E-state index >= 15 is 0 Å². The molecular formula is C19H24N4O2S. The van der Waals surface area contributed by atoms with Crippen LogP contribution in [0, 0.1) is 0 Å². The van der Waals surface area contributed by atoms with Crippen LogP contribution in [0.4, 0.5) is 0 Å². The zero-order valence-corrected chi connectivity index (χ0v) is 16.1. The molecule has 26 heavy (non-hydrogen) atoms. The molecule has 1 saturated heterocycles. The van der Waals surface area contributed by atoms with Gasteiger partial charge in [0, 0.05) is 31.2 Å². The summed E-state index contributed by atoms with van der Waals surface area (Å²) in [6.07, 6.45) is 6.30. The summed E-state index contributed by atoms with van der Waals surface area (Å²) in [5.41, 5.74) is 2.07. The fraction of sp³-hybridized carbons (Fsp3) is 0.421. The van der Waals surface area contributed by atoms with E-state index in [1.54, 1.807) is 6.20 Å². The fourth-order valence-electron chi connectivity index (χ4n) is 3.25. The quantitative estimate of drug-likeness (QED) is 0.621. The first-order valence-corrected chi connectivity index (χ1v) is 9.14. The summed E-state index contributed by atoms with van der Waals surface area (Å²) in [6.45, 7) is 4.79. The third kappa shape index (κ3) is 3.72. The Balaban J connectivity index is 1.94. The van der Waals surface area contributed by atoms with Crippen LogP contribution in [0.15, 0.2) is 42.9 Å². The Labute approximate surface area is 159 Å². The fourth-order valence-corrected chi connectivity index (χ4v) is 3.58. The Kier molecular flexibility index (Phi) is 5.56. The van der Waals surface area contributed by atoms with Gasteiger partial charge in [-0.25, -0.2) is 0 Å². The first kappa shape index (κ1) is 18.4. The van der Waals surface area contributed by atoms with Crippen LogP contribution >= 0.6 is 12.2 Å². The molecular weight excluding hydrogens is 348 g/mol. The highest BCUT2D eigenvalue weighted by Gasteiger charge is 2.40. The number of nitrogens with one attached hydrogen (secondary N) is 1. The van der Waals surface area contributed by atoms with Crippen molar-refractivity contribution in [1.82, 2.24) is 19.8 Å². The largest absolute Gasteiger partial charge is 0.469 e. The molecule has 1 fully saturated rings. The number of methoxy groups -OCH3 is 1. The molecule has 0 saturated carbocycles. The molecule has 7 heteroatoms. The number of hydrogen-bond donors (Lipinski definition) is 1. The normalized spacial score (nSPS) is 19.7. The van der Waals surface area contributed by atoms with Gasteiger partial charge in [0.2, 0.25) is 0 Å². The molecule has 0 amide bonds. The zero-order chi connectivity index (χ0) is 18.7. The van der Waals surface area contributed by atoms with Crippen molar-refractivity contribution in [3.8, 4) is 0 Å². The second-order valence-electron chi connectivity index (χ2n) is 6.63. The van der Waals surface area contributed by atoms with E-state index in [2.05, 4.69) is 52.1 Å². The SMILES string of the molecule is COC(=O)CCN1C(=S)N[C@H](c2ccccn2)[C@@H]1c1ccn(C(C)C)c1. The number of thiocarbonyl (C=S) groups is 1. The standard InChI is InChI=1S/C19H24N4O2S/c1-13(2)22-10-7-14(12-22)18-17(15-6-4-5-9-20-15)21-19(26)23(18)11-8-16(24)25-3/h4-7,9-10,12-13,17-18H,8,11H2,1-3H3,(H,21,26)/t17-,18+/m1/s1. The van der Waals surface area contributed by atoms with E-state index in [1.807, 2.05) is 18.2 Å². The molecule has 6 nitrogen and oxygen atoms in total. The van der Waals surface area contributed by atoms with E-state index in [1.165, 1.54) is 7.11 Å². The maximum absolute atomic E-state index is 11.6. The van der Waals surface area contributed by atoms with Gasteiger partial charge < -0.3 is 19.5 Å². The Morgan fingerprint density at radius 1 is 1.38 bits per heavy atom. The maximum atomic E-state index is 11.6. The van der Waals surface area contributed by atoms with Gasteiger partial charge in [0.15, 0.2) is 5.11 Å². The lowest BCUT2D eigenvalue weighted by atomic mass is 9.99. The zero-order valence-electron chi connectivity index (χ0n) is 15.3. The Hall–Kier alpha value is -2.41. The molecule has 3 heterocycles. The summed E-state index contributed by atoms with van der Waals surface area (Å²) in [7, 11) is 1.40. The molecule has 0 spiro atoms. The van der Waals surface area contributed by atoms with Gasteiger partial charge in [0.1, 0.15) is 0 Å². The molecule has 138 valence electrons. The monoisotopic (exact) mass is 372 g/mol. The van der Waals surface area contributed by atoms with Crippen LogP contribution in [0.5, 0.6) is 0 Å². The van der Waals surface area contributed by atoms with Gasteiger partial charge in [-0.3, -0.25) is 9.78 Å². The van der Waals surface area contributed by atoms with Gasteiger partial charge in [-0.15, -0.1) is 0 Å². The first-order valence-electron chi connectivity index (χ1n) is 8.73. The molecule has 2 aromatic rings. The second kappa shape index (κ2) is 7.86. The Morgan fingerprint density at radius 2 is 2.19 bits per heavy atom. The Morgan fingerprint density at radius 3 is 2.81 bits per heavy atom. The van der Waals surface area contributed by atoms with Crippen molar-refractivity contribution in [3.05, 3.63) is 54.1 Å². The molecule has 0 radical (unpaired) electrons. The summed E-state index contributed by atoms with van der Waals surface area (Å²) in [5, 5.41) is 4.01. The number of carbonyl (C=O) groups excluding carboxylic acids is 1. The molecule has 2 aromatic heterocycles. The van der Waals surface area contributed by atoms with Gasteiger partial charge >= 0.3 is 5.97 Å². The van der Waals surface area contributed by atoms with E-state index in [4.69, 9.17) is 17.0 Å². The van der Waals surface area contributed by atoms with Crippen LogP contribution in [0.2, 0.25) is 0 Å². The molecule has 0 aromatic carbocycles. The lowest BCUT2D eigenvalue weighted by Gasteiger charge is -2.27. The predicted octanol–water partition coefficient (Wildman–Crippen LogP) is 3.00. The average Bonchev–Trinajstić information content (AvgIpc) is 3.25. The van der Waals surface area contributed by atoms with Crippen molar-refractivity contribution in [3.63, 3.8) is 0 Å². The number of hydrogen-bond acceptors (Lipinski definition) is 4. The predicted molar refractivity (Wildman–Crippen MR) is 104 cm³/mol. The Bertz CT molecular complexity index is 775. The first-order chi connectivity index (χ1) is 12.5. The topological polar surface area (TPSA) is 59.4 Å². The van der Waals surface area contributed by atoms with Gasteiger partial charge in [-0.2, -0.15) is 0 Å². The third-order valence-corrected chi connectivity index (χ3v) is 5.01. The van der Waals surface area contributed by atoms with Crippen LogP contribution < -0.4 is 5.32 Å². The number of nitrogens with zero attached hydrogens (tertiary/aromatic N) is 3. The van der Waals surface area contributed by atoms with Gasteiger partial charge in [0.05, 0.1) is 31.3 Å². The minimum Gasteiger partial charge on any atom is -0.469 e. The average molecular weight is 372 g/mol. The number of esters is 1. The summed E-state index contributed by atoms with van der Waals surface area (Å²) in [5.74, 6) is -0.243. The molecule has 2 atom stereocenters. The van der Waals surface area contributed by atoms with Gasteiger partial charge in [0.25, 0.3) is 0 Å². The highest BCUT2D eigenvalue weighted by atomic mass is 32.1. The molecule has 1 aliphatic rings. The van der Waals surface area contributed by atoms with Crippen molar-refractivity contribution < 1.29 is 9.53 Å². The number of pyridine rings is 1. The molecule has 0 unspecified atom stereocenters. The summed E-state index contributed by atoms with van der Waals surface area (Å²) in [4.78, 5) is 18.2. The van der Waals surface area contributed by atoms with Crippen LogP contribution in [-0.4, -0.2) is 39.2 Å². The molecule has 0 aliphatic carbocycles. The van der Waals surface area contributed by atoms with Crippen molar-refractivity contribution in [2.24, 2.45) is 0 Å². The molecule has 3 rings (SSSR count). The number of rotatable bonds is 6. The summed E-state index contributed by atoms with van der Waals surface area (Å²) in [6, 6.07) is 8.27. The third-order valence-electron chi connectivity index (χ3n) is 4.66.